The largest absolute Gasteiger partial charge is 0.496 e. The summed E-state index contributed by atoms with van der Waals surface area (Å²) < 4.78 is 14.5. The Balaban J connectivity index is 1.43. The van der Waals surface area contributed by atoms with E-state index in [2.05, 4.69) is 22.3 Å². The molecule has 4 aromatic rings. The zero-order valence-corrected chi connectivity index (χ0v) is 18.2. The van der Waals surface area contributed by atoms with Crippen molar-refractivity contribution in [3.63, 3.8) is 0 Å². The molecule has 0 aliphatic carbocycles. The molecule has 1 amide bonds. The minimum atomic E-state index is -0.555. The molecule has 2 heterocycles. The van der Waals surface area contributed by atoms with Crippen molar-refractivity contribution in [2.75, 3.05) is 12.4 Å². The molecule has 0 saturated heterocycles. The van der Waals surface area contributed by atoms with Gasteiger partial charge in [-0.1, -0.05) is 11.6 Å². The van der Waals surface area contributed by atoms with Gasteiger partial charge in [0.05, 0.1) is 35.9 Å². The maximum atomic E-state index is 12.3. The maximum absolute atomic E-state index is 12.3. The van der Waals surface area contributed by atoms with Gasteiger partial charge in [-0.15, -0.1) is 0 Å². The van der Waals surface area contributed by atoms with E-state index in [0.29, 0.717) is 22.2 Å². The number of rotatable bonds is 6. The van der Waals surface area contributed by atoms with Gasteiger partial charge in [0.25, 0.3) is 0 Å². The van der Waals surface area contributed by atoms with Crippen LogP contribution in [0.3, 0.4) is 0 Å². The number of methoxy groups -OCH3 is 1. The molecule has 2 aromatic carbocycles. The number of nitrogens with zero attached hydrogens (tertiary/aromatic N) is 4. The van der Waals surface area contributed by atoms with Crippen LogP contribution in [0.15, 0.2) is 48.8 Å². The number of halogens is 1. The highest BCUT2D eigenvalue weighted by Crippen LogP contribution is 2.32. The summed E-state index contributed by atoms with van der Waals surface area (Å²) in [6, 6.07) is 12.8. The Labute approximate surface area is 184 Å². The molecule has 0 bridgehead atoms. The number of benzene rings is 2. The molecular formula is C22H22ClN5O3. The van der Waals surface area contributed by atoms with Gasteiger partial charge in [0.15, 0.2) is 0 Å². The number of anilines is 1. The lowest BCUT2D eigenvalue weighted by molar-refractivity contribution is 0.152. The second kappa shape index (κ2) is 8.69. The van der Waals surface area contributed by atoms with E-state index in [1.807, 2.05) is 34.9 Å². The number of imidazole rings is 1. The summed E-state index contributed by atoms with van der Waals surface area (Å²) in [6.45, 7) is 2.95. The Kier molecular flexibility index (Phi) is 5.81. The molecule has 9 heteroatoms. The molecule has 160 valence electrons. The SMILES string of the molecule is CCn1cnc2cc(NC(=O)OCc3cc(-c4ccc(Cl)cc4OC)nn3C)ccc21. The van der Waals surface area contributed by atoms with Gasteiger partial charge >= 0.3 is 6.09 Å². The smallest absolute Gasteiger partial charge is 0.412 e. The van der Waals surface area contributed by atoms with Crippen LogP contribution in [0.25, 0.3) is 22.3 Å². The second-order valence-corrected chi connectivity index (χ2v) is 7.36. The van der Waals surface area contributed by atoms with E-state index in [1.54, 1.807) is 37.3 Å². The molecule has 0 aliphatic heterocycles. The van der Waals surface area contributed by atoms with Crippen molar-refractivity contribution in [1.82, 2.24) is 19.3 Å². The first-order valence-electron chi connectivity index (χ1n) is 9.74. The van der Waals surface area contributed by atoms with E-state index in [4.69, 9.17) is 21.1 Å². The van der Waals surface area contributed by atoms with Gasteiger partial charge in [0.2, 0.25) is 0 Å². The quantitative estimate of drug-likeness (QED) is 0.463. The third-order valence-corrected chi connectivity index (χ3v) is 5.21. The topological polar surface area (TPSA) is 83.2 Å². The number of amides is 1. The molecule has 0 atom stereocenters. The van der Waals surface area contributed by atoms with E-state index in [0.717, 1.165) is 28.8 Å². The summed E-state index contributed by atoms with van der Waals surface area (Å²) in [5.74, 6) is 0.622. The van der Waals surface area contributed by atoms with E-state index in [9.17, 15) is 4.79 Å². The average Bonchev–Trinajstić information content (AvgIpc) is 3.34. The molecule has 1 N–H and O–H groups in total. The number of hydrogen-bond acceptors (Lipinski definition) is 5. The van der Waals surface area contributed by atoms with Crippen LogP contribution in [-0.4, -0.2) is 32.5 Å². The number of aromatic nitrogens is 4. The number of nitrogens with one attached hydrogen (secondary N) is 1. The summed E-state index contributed by atoms with van der Waals surface area (Å²) in [7, 11) is 3.37. The summed E-state index contributed by atoms with van der Waals surface area (Å²) >= 11 is 6.04. The number of carbonyl (C=O) groups is 1. The first-order valence-corrected chi connectivity index (χ1v) is 10.1. The van der Waals surface area contributed by atoms with Gasteiger partial charge in [-0.2, -0.15) is 5.10 Å². The van der Waals surface area contributed by atoms with Crippen LogP contribution in [0.4, 0.5) is 10.5 Å². The van der Waals surface area contributed by atoms with Gasteiger partial charge in [-0.3, -0.25) is 10.00 Å². The lowest BCUT2D eigenvalue weighted by atomic mass is 10.1. The average molecular weight is 440 g/mol. The fraction of sp³-hybridized carbons (Fsp3) is 0.227. The van der Waals surface area contributed by atoms with Crippen molar-refractivity contribution in [3.8, 4) is 17.0 Å². The van der Waals surface area contributed by atoms with E-state index < -0.39 is 6.09 Å². The van der Waals surface area contributed by atoms with Crippen molar-refractivity contribution in [2.45, 2.75) is 20.1 Å². The molecule has 0 spiro atoms. The van der Waals surface area contributed by atoms with E-state index in [1.165, 1.54) is 0 Å². The van der Waals surface area contributed by atoms with Crippen molar-refractivity contribution in [1.29, 1.82) is 0 Å². The predicted molar refractivity (Wildman–Crippen MR) is 119 cm³/mol. The Morgan fingerprint density at radius 3 is 2.81 bits per heavy atom. The third-order valence-electron chi connectivity index (χ3n) is 4.98. The second-order valence-electron chi connectivity index (χ2n) is 6.92. The van der Waals surface area contributed by atoms with Crippen LogP contribution in [0.5, 0.6) is 5.75 Å². The van der Waals surface area contributed by atoms with Gasteiger partial charge in [-0.25, -0.2) is 9.78 Å². The highest BCUT2D eigenvalue weighted by atomic mass is 35.5. The van der Waals surface area contributed by atoms with Crippen molar-refractivity contribution in [2.24, 2.45) is 7.05 Å². The fourth-order valence-corrected chi connectivity index (χ4v) is 3.50. The van der Waals surface area contributed by atoms with Crippen LogP contribution < -0.4 is 10.1 Å². The first-order chi connectivity index (χ1) is 15.0. The standard InChI is InChI=1S/C22H22ClN5O3/c1-4-28-13-24-19-10-15(6-8-20(19)28)25-22(29)31-12-16-11-18(26-27(16)2)17-7-5-14(23)9-21(17)30-3/h5-11,13H,4,12H2,1-3H3,(H,25,29). The Morgan fingerprint density at radius 1 is 1.19 bits per heavy atom. The highest BCUT2D eigenvalue weighted by molar-refractivity contribution is 6.30. The number of ether oxygens (including phenoxy) is 2. The minimum Gasteiger partial charge on any atom is -0.496 e. The summed E-state index contributed by atoms with van der Waals surface area (Å²) in [5.41, 5.74) is 4.69. The van der Waals surface area contributed by atoms with Crippen LogP contribution in [0.2, 0.25) is 5.02 Å². The molecular weight excluding hydrogens is 418 g/mol. The van der Waals surface area contributed by atoms with Crippen LogP contribution >= 0.6 is 11.6 Å². The monoisotopic (exact) mass is 439 g/mol. The molecule has 0 saturated carbocycles. The molecule has 8 nitrogen and oxygen atoms in total. The van der Waals surface area contributed by atoms with Crippen LogP contribution in [0, 0.1) is 0 Å². The fourth-order valence-electron chi connectivity index (χ4n) is 3.34. The van der Waals surface area contributed by atoms with Crippen LogP contribution in [0.1, 0.15) is 12.6 Å². The summed E-state index contributed by atoms with van der Waals surface area (Å²) in [6.07, 6.45) is 1.23. The molecule has 4 rings (SSSR count). The van der Waals surface area contributed by atoms with Crippen molar-refractivity contribution < 1.29 is 14.3 Å². The molecule has 2 aromatic heterocycles. The zero-order valence-electron chi connectivity index (χ0n) is 17.4. The molecule has 0 fully saturated rings. The van der Waals surface area contributed by atoms with Gasteiger partial charge < -0.3 is 14.0 Å². The molecule has 0 unspecified atom stereocenters. The Hall–Kier alpha value is -3.52. The number of fused-ring (bicyclic) bond motifs is 1. The predicted octanol–water partition coefficient (Wildman–Crippen LogP) is 4.87. The van der Waals surface area contributed by atoms with E-state index in [-0.39, 0.29) is 6.61 Å². The van der Waals surface area contributed by atoms with Gasteiger partial charge in [-0.05, 0) is 49.4 Å². The van der Waals surface area contributed by atoms with Gasteiger partial charge in [0, 0.05) is 29.9 Å². The first kappa shape index (κ1) is 20.7. The number of aryl methyl sites for hydroxylation is 2. The zero-order chi connectivity index (χ0) is 22.0. The lowest BCUT2D eigenvalue weighted by Crippen LogP contribution is -2.14. The maximum Gasteiger partial charge on any atom is 0.412 e. The number of hydrogen-bond donors (Lipinski definition) is 1. The Morgan fingerprint density at radius 2 is 2.03 bits per heavy atom. The molecule has 31 heavy (non-hydrogen) atoms. The Bertz CT molecular complexity index is 1250. The normalized spacial score (nSPS) is 11.0. The van der Waals surface area contributed by atoms with Crippen molar-refractivity contribution >= 4 is 34.4 Å². The van der Waals surface area contributed by atoms with E-state index >= 15 is 0 Å². The van der Waals surface area contributed by atoms with Crippen LogP contribution in [-0.2, 0) is 24.9 Å². The highest BCUT2D eigenvalue weighted by Gasteiger charge is 2.14. The molecule has 0 aliphatic rings. The van der Waals surface area contributed by atoms with Gasteiger partial charge in [0.1, 0.15) is 12.4 Å². The van der Waals surface area contributed by atoms with Crippen molar-refractivity contribution in [3.05, 3.63) is 59.5 Å². The lowest BCUT2D eigenvalue weighted by Gasteiger charge is -2.07. The molecule has 0 radical (unpaired) electrons. The summed E-state index contributed by atoms with van der Waals surface area (Å²) in [5, 5.41) is 7.82. The third kappa shape index (κ3) is 4.34. The minimum absolute atomic E-state index is 0.0674. The summed E-state index contributed by atoms with van der Waals surface area (Å²) in [4.78, 5) is 16.6. The number of carbonyl (C=O) groups excluding carboxylic acids is 1.